The molecular weight excluding hydrogens is 543 g/mol. The maximum atomic E-state index is 13.1. The maximum Gasteiger partial charge on any atom is 0.573 e. The lowest BCUT2D eigenvalue weighted by Gasteiger charge is -2.39. The fourth-order valence-corrected chi connectivity index (χ4v) is 6.07. The first-order valence-electron chi connectivity index (χ1n) is 13.6. The van der Waals surface area contributed by atoms with Gasteiger partial charge in [0.2, 0.25) is 0 Å². The van der Waals surface area contributed by atoms with E-state index in [4.69, 9.17) is 13.7 Å². The van der Waals surface area contributed by atoms with Gasteiger partial charge in [0.15, 0.2) is 0 Å². The molecule has 214 valence electrons. The van der Waals surface area contributed by atoms with Gasteiger partial charge < -0.3 is 23.3 Å². The summed E-state index contributed by atoms with van der Waals surface area (Å²) in [6.07, 6.45) is 2.29. The largest absolute Gasteiger partial charge is 0.573 e. The van der Waals surface area contributed by atoms with Crippen molar-refractivity contribution in [3.8, 4) is 28.5 Å². The Balaban J connectivity index is 1.07. The van der Waals surface area contributed by atoms with Crippen LogP contribution in [-0.4, -0.2) is 44.9 Å². The van der Waals surface area contributed by atoms with E-state index in [-0.39, 0.29) is 47.9 Å². The number of aromatic amines is 1. The molecule has 5 heterocycles. The van der Waals surface area contributed by atoms with E-state index in [0.29, 0.717) is 22.6 Å². The van der Waals surface area contributed by atoms with Crippen LogP contribution in [0.3, 0.4) is 0 Å². The number of nitrogens with one attached hydrogen (secondary N) is 1. The molecule has 7 rings (SSSR count). The number of alkyl halides is 3. The zero-order chi connectivity index (χ0) is 28.1. The molecule has 3 aliphatic rings. The number of para-hydroxylation sites is 1. The quantitative estimate of drug-likeness (QED) is 0.290. The minimum Gasteiger partial charge on any atom is -0.405 e. The Bertz CT molecular complexity index is 1580. The monoisotopic (exact) mass is 569 g/mol. The topological polar surface area (TPSA) is 120 Å². The number of nitrogens with zero attached hydrogens (tertiary/aromatic N) is 4. The Morgan fingerprint density at radius 1 is 1.05 bits per heavy atom. The lowest BCUT2D eigenvalue weighted by atomic mass is 9.99. The summed E-state index contributed by atoms with van der Waals surface area (Å²) in [4.78, 5) is 18.2. The van der Waals surface area contributed by atoms with Crippen molar-refractivity contribution < 1.29 is 31.6 Å². The number of anilines is 1. The number of H-pyrrole nitrogens is 1. The van der Waals surface area contributed by atoms with E-state index in [9.17, 15) is 18.0 Å². The molecule has 41 heavy (non-hydrogen) atoms. The first-order chi connectivity index (χ1) is 19.8. The van der Waals surface area contributed by atoms with Crippen LogP contribution in [0.25, 0.3) is 22.7 Å². The van der Waals surface area contributed by atoms with Gasteiger partial charge in [-0.05, 0) is 62.8 Å². The highest BCUT2D eigenvalue weighted by atomic mass is 19.4. The van der Waals surface area contributed by atoms with Crippen molar-refractivity contribution in [3.63, 3.8) is 0 Å². The molecule has 0 amide bonds. The van der Waals surface area contributed by atoms with Gasteiger partial charge in [-0.3, -0.25) is 0 Å². The van der Waals surface area contributed by atoms with Crippen LogP contribution in [0.1, 0.15) is 55.8 Å². The van der Waals surface area contributed by atoms with Crippen LogP contribution in [0.2, 0.25) is 0 Å². The van der Waals surface area contributed by atoms with Crippen LogP contribution in [0, 0.1) is 0 Å². The average molecular weight is 570 g/mol. The van der Waals surface area contributed by atoms with Crippen molar-refractivity contribution in [2.75, 3.05) is 4.90 Å². The van der Waals surface area contributed by atoms with Crippen LogP contribution in [0.4, 0.5) is 19.0 Å². The Kier molecular flexibility index (Phi) is 6.33. The molecule has 1 N–H and O–H groups in total. The predicted octanol–water partition coefficient (Wildman–Crippen LogP) is 5.57. The van der Waals surface area contributed by atoms with E-state index >= 15 is 0 Å². The fourth-order valence-electron chi connectivity index (χ4n) is 6.07. The molecule has 13 heteroatoms. The van der Waals surface area contributed by atoms with Gasteiger partial charge in [0.1, 0.15) is 23.0 Å². The Hall–Kier alpha value is -4.13. The summed E-state index contributed by atoms with van der Waals surface area (Å²) in [5.74, 6) is 0.972. The van der Waals surface area contributed by atoms with E-state index in [0.717, 1.165) is 44.3 Å². The molecule has 3 aromatic heterocycles. The number of piperidine rings is 1. The molecule has 2 aliphatic heterocycles. The molecule has 0 spiro atoms. The van der Waals surface area contributed by atoms with Gasteiger partial charge in [0, 0.05) is 35.3 Å². The third-order valence-corrected chi connectivity index (χ3v) is 7.99. The molecule has 3 atom stereocenters. The van der Waals surface area contributed by atoms with Crippen molar-refractivity contribution in [1.29, 1.82) is 0 Å². The summed E-state index contributed by atoms with van der Waals surface area (Å²) in [5.41, 5.74) is 1.83. The van der Waals surface area contributed by atoms with Crippen LogP contribution < -0.4 is 15.4 Å². The van der Waals surface area contributed by atoms with Crippen molar-refractivity contribution in [2.45, 2.75) is 75.6 Å². The summed E-state index contributed by atoms with van der Waals surface area (Å²) >= 11 is 0. The summed E-state index contributed by atoms with van der Waals surface area (Å²) in [7, 11) is 0. The number of pyridine rings is 1. The Morgan fingerprint density at radius 2 is 1.83 bits per heavy atom. The summed E-state index contributed by atoms with van der Waals surface area (Å²) in [5, 5.41) is 10.3. The van der Waals surface area contributed by atoms with E-state index in [1.807, 2.05) is 12.1 Å². The Morgan fingerprint density at radius 3 is 2.49 bits per heavy atom. The number of ether oxygens (including phenoxy) is 2. The third-order valence-electron chi connectivity index (χ3n) is 7.99. The lowest BCUT2D eigenvalue weighted by molar-refractivity contribution is -0.274. The number of halogens is 3. The van der Waals surface area contributed by atoms with Crippen molar-refractivity contribution in [3.05, 3.63) is 64.5 Å². The van der Waals surface area contributed by atoms with Gasteiger partial charge in [-0.2, -0.15) is 0 Å². The predicted molar refractivity (Wildman–Crippen MR) is 138 cm³/mol. The lowest BCUT2D eigenvalue weighted by Crippen LogP contribution is -2.46. The van der Waals surface area contributed by atoms with E-state index in [1.165, 1.54) is 12.1 Å². The molecule has 1 aliphatic carbocycles. The zero-order valence-electron chi connectivity index (χ0n) is 21.8. The highest BCUT2D eigenvalue weighted by Crippen LogP contribution is 2.46. The van der Waals surface area contributed by atoms with Crippen molar-refractivity contribution >= 4 is 5.82 Å². The Labute approximate surface area is 231 Å². The number of hydrogen-bond donors (Lipinski definition) is 1. The SMILES string of the molecule is O=c1[nH]nc(-c2ccc(N3[C@@H]4CC[C@H]3C[C@@H](OCc3c(-c5ccccc5OC(F)(F)F)noc3C3CC3)C4)nc2)o1. The molecule has 2 saturated heterocycles. The molecule has 1 aromatic carbocycles. The minimum atomic E-state index is -4.83. The molecule has 1 saturated carbocycles. The second kappa shape index (κ2) is 10.1. The normalized spacial score (nSPS) is 22.3. The highest BCUT2D eigenvalue weighted by Gasteiger charge is 2.42. The van der Waals surface area contributed by atoms with E-state index in [1.54, 1.807) is 18.3 Å². The highest BCUT2D eigenvalue weighted by molar-refractivity contribution is 5.70. The molecule has 4 aromatic rings. The standard InChI is InChI=1S/C28H26F3N5O5/c29-28(30,31)40-22-4-2-1-3-20(22)24-21(25(41-35-24)15-5-6-15)14-38-19-11-17-8-9-18(12-19)36(17)23-10-7-16(13-32-23)26-33-34-27(37)39-26/h1-4,7,10,13,15,17-19H,5-6,8-9,11-12,14H2,(H,34,37)/t17-,18+,19+. The van der Waals surface area contributed by atoms with Gasteiger partial charge in [0.25, 0.3) is 5.89 Å². The summed E-state index contributed by atoms with van der Waals surface area (Å²) < 4.78 is 60.6. The first kappa shape index (κ1) is 25.8. The second-order valence-corrected chi connectivity index (χ2v) is 10.7. The number of hydrogen-bond acceptors (Lipinski definition) is 9. The number of rotatable bonds is 8. The van der Waals surface area contributed by atoms with Gasteiger partial charge in [-0.15, -0.1) is 18.3 Å². The smallest absolute Gasteiger partial charge is 0.405 e. The average Bonchev–Trinajstić information content (AvgIpc) is 3.46. The molecule has 0 radical (unpaired) electrons. The maximum absolute atomic E-state index is 13.1. The summed E-state index contributed by atoms with van der Waals surface area (Å²) in [6, 6.07) is 10.2. The van der Waals surface area contributed by atoms with Crippen LogP contribution >= 0.6 is 0 Å². The first-order valence-corrected chi connectivity index (χ1v) is 13.6. The molecule has 0 unspecified atom stereocenters. The van der Waals surface area contributed by atoms with Crippen LogP contribution in [0.15, 0.2) is 56.3 Å². The number of benzene rings is 1. The number of aromatic nitrogens is 4. The zero-order valence-corrected chi connectivity index (χ0v) is 21.8. The minimum absolute atomic E-state index is 0.0298. The van der Waals surface area contributed by atoms with Gasteiger partial charge >= 0.3 is 12.1 Å². The fraction of sp³-hybridized carbons (Fsp3) is 0.429. The van der Waals surface area contributed by atoms with Crippen molar-refractivity contribution in [2.24, 2.45) is 0 Å². The van der Waals surface area contributed by atoms with Crippen molar-refractivity contribution in [1.82, 2.24) is 20.3 Å². The van der Waals surface area contributed by atoms with Gasteiger partial charge in [0.05, 0.1) is 18.3 Å². The molecule has 3 fully saturated rings. The third kappa shape index (κ3) is 5.21. The van der Waals surface area contributed by atoms with Crippen LogP contribution in [0.5, 0.6) is 5.75 Å². The van der Waals surface area contributed by atoms with E-state index in [2.05, 4.69) is 30.0 Å². The van der Waals surface area contributed by atoms with E-state index < -0.39 is 12.1 Å². The second-order valence-electron chi connectivity index (χ2n) is 10.7. The van der Waals surface area contributed by atoms with Crippen LogP contribution in [-0.2, 0) is 11.3 Å². The molecule has 10 nitrogen and oxygen atoms in total. The van der Waals surface area contributed by atoms with Gasteiger partial charge in [-0.1, -0.05) is 17.3 Å². The number of fused-ring (bicyclic) bond motifs is 2. The molecular formula is C28H26F3N5O5. The summed E-state index contributed by atoms with van der Waals surface area (Å²) in [6.45, 7) is 0.191. The van der Waals surface area contributed by atoms with Gasteiger partial charge in [-0.25, -0.2) is 14.9 Å². The molecule has 2 bridgehead atoms.